The summed E-state index contributed by atoms with van der Waals surface area (Å²) in [6, 6.07) is 0. The van der Waals surface area contributed by atoms with E-state index in [1.165, 1.54) is 5.57 Å². The number of ether oxygens (including phenoxy) is 2. The molecule has 1 heterocycles. The SMILES string of the molecule is CC(CC(=O)CO)C1C(=O)CC2(C)C3=CCC4C(C)(C)C(OC5OCC(O)C(O)C5O)CCC45CC35C(O)CC12C. The summed E-state index contributed by atoms with van der Waals surface area (Å²) in [6.45, 7) is 10.0. The summed E-state index contributed by atoms with van der Waals surface area (Å²) in [5.41, 5.74) is -0.464. The highest BCUT2D eigenvalue weighted by Gasteiger charge is 2.84. The van der Waals surface area contributed by atoms with Crippen molar-refractivity contribution in [3.8, 4) is 0 Å². The summed E-state index contributed by atoms with van der Waals surface area (Å²) < 4.78 is 11.9. The van der Waals surface area contributed by atoms with E-state index in [1.807, 2.05) is 6.92 Å². The molecular formula is C32H48O9. The second kappa shape index (κ2) is 9.40. The van der Waals surface area contributed by atoms with Crippen molar-refractivity contribution in [2.45, 2.75) is 116 Å². The number of Topliss-reactive ketones (excluding diaryl/α,β-unsaturated/α-hetero) is 2. The van der Waals surface area contributed by atoms with Crippen LogP contribution in [0, 0.1) is 44.8 Å². The van der Waals surface area contributed by atoms with Gasteiger partial charge >= 0.3 is 0 Å². The molecule has 13 atom stereocenters. The lowest BCUT2D eigenvalue weighted by Crippen LogP contribution is -2.59. The van der Waals surface area contributed by atoms with Crippen LogP contribution in [0.25, 0.3) is 0 Å². The van der Waals surface area contributed by atoms with Crippen molar-refractivity contribution >= 4 is 11.6 Å². The van der Waals surface area contributed by atoms with Gasteiger partial charge in [-0.15, -0.1) is 0 Å². The standard InChI is InChI=1S/C32H48O9/c1-16(10-17(34)13-33)24-18(35)11-29(4)21-7-6-20-28(2,3)23(41-27-26(39)25(38)19(36)14-40-27)8-9-31(20)15-32(21,31)22(37)12-30(24,29)5/h7,16,19-20,22-27,33,36-39H,6,8-15H2,1-5H3. The Balaban J connectivity index is 1.30. The molecule has 0 bridgehead atoms. The van der Waals surface area contributed by atoms with Crippen LogP contribution in [0.2, 0.25) is 0 Å². The Hall–Kier alpha value is -1.20. The topological polar surface area (TPSA) is 154 Å². The van der Waals surface area contributed by atoms with Gasteiger partial charge in [0.1, 0.15) is 30.7 Å². The van der Waals surface area contributed by atoms with Crippen LogP contribution in [0.15, 0.2) is 11.6 Å². The number of rotatable bonds is 6. The third-order valence-electron chi connectivity index (χ3n) is 13.3. The van der Waals surface area contributed by atoms with Gasteiger partial charge in [0.25, 0.3) is 0 Å². The molecule has 41 heavy (non-hydrogen) atoms. The van der Waals surface area contributed by atoms with E-state index in [2.05, 4.69) is 33.8 Å². The molecule has 0 aromatic heterocycles. The molecule has 1 aliphatic heterocycles. The van der Waals surface area contributed by atoms with E-state index >= 15 is 0 Å². The van der Waals surface area contributed by atoms with Gasteiger partial charge in [0.2, 0.25) is 0 Å². The maximum atomic E-state index is 13.7. The molecule has 0 aromatic rings. The molecular weight excluding hydrogens is 528 g/mol. The van der Waals surface area contributed by atoms with Gasteiger partial charge in [0.05, 0.1) is 18.8 Å². The van der Waals surface area contributed by atoms with Crippen molar-refractivity contribution in [3.63, 3.8) is 0 Å². The van der Waals surface area contributed by atoms with Gasteiger partial charge in [-0.2, -0.15) is 0 Å². The number of aliphatic hydroxyl groups excluding tert-OH is 5. The minimum absolute atomic E-state index is 0.103. The predicted octanol–water partition coefficient (Wildman–Crippen LogP) is 1.91. The zero-order valence-electron chi connectivity index (χ0n) is 25.0. The van der Waals surface area contributed by atoms with Crippen LogP contribution in [0.4, 0.5) is 0 Å². The Bertz CT molecular complexity index is 1150. The summed E-state index contributed by atoms with van der Waals surface area (Å²) in [5.74, 6) is -0.436. The first-order valence-corrected chi connectivity index (χ1v) is 15.5. The van der Waals surface area contributed by atoms with Crippen LogP contribution in [-0.4, -0.2) is 87.1 Å². The van der Waals surface area contributed by atoms with E-state index in [4.69, 9.17) is 9.47 Å². The minimum Gasteiger partial charge on any atom is -0.392 e. The lowest BCUT2D eigenvalue weighted by atomic mass is 9.44. The highest BCUT2D eigenvalue weighted by atomic mass is 16.7. The van der Waals surface area contributed by atoms with E-state index in [0.29, 0.717) is 19.3 Å². The molecule has 0 aromatic carbocycles. The van der Waals surface area contributed by atoms with Gasteiger partial charge in [-0.1, -0.05) is 46.3 Å². The Labute approximate surface area is 242 Å². The zero-order chi connectivity index (χ0) is 29.9. The normalized spacial score (nSPS) is 52.4. The number of carbonyl (C=O) groups is 2. The average Bonchev–Trinajstić information content (AvgIpc) is 3.53. The van der Waals surface area contributed by atoms with Gasteiger partial charge in [-0.05, 0) is 60.2 Å². The van der Waals surface area contributed by atoms with Crippen LogP contribution in [-0.2, 0) is 19.1 Å². The van der Waals surface area contributed by atoms with Crippen molar-refractivity contribution < 1.29 is 44.6 Å². The monoisotopic (exact) mass is 576 g/mol. The lowest BCUT2D eigenvalue weighted by Gasteiger charge is -2.61. The molecule has 4 saturated carbocycles. The zero-order valence-corrected chi connectivity index (χ0v) is 25.0. The molecule has 230 valence electrons. The summed E-state index contributed by atoms with van der Waals surface area (Å²) in [4.78, 5) is 25.8. The Kier molecular flexibility index (Phi) is 6.84. The second-order valence-electron chi connectivity index (χ2n) is 15.4. The highest BCUT2D eigenvalue weighted by Crippen LogP contribution is 2.87. The molecule has 9 heteroatoms. The first-order chi connectivity index (χ1) is 19.1. The van der Waals surface area contributed by atoms with Crippen LogP contribution in [0.5, 0.6) is 0 Å². The third kappa shape index (κ3) is 3.72. The fraction of sp³-hybridized carbons (Fsp3) is 0.875. The first kappa shape index (κ1) is 29.9. The first-order valence-electron chi connectivity index (χ1n) is 15.5. The number of hydrogen-bond donors (Lipinski definition) is 5. The van der Waals surface area contributed by atoms with Crippen LogP contribution >= 0.6 is 0 Å². The molecule has 5 N–H and O–H groups in total. The maximum Gasteiger partial charge on any atom is 0.186 e. The average molecular weight is 577 g/mol. The van der Waals surface area contributed by atoms with Crippen LogP contribution in [0.1, 0.15) is 79.6 Å². The maximum absolute atomic E-state index is 13.7. The van der Waals surface area contributed by atoms with Crippen molar-refractivity contribution in [1.82, 2.24) is 0 Å². The number of ketones is 2. The molecule has 5 fully saturated rings. The predicted molar refractivity (Wildman–Crippen MR) is 147 cm³/mol. The van der Waals surface area contributed by atoms with E-state index in [-0.39, 0.29) is 64.7 Å². The molecule has 6 rings (SSSR count). The van der Waals surface area contributed by atoms with Crippen LogP contribution in [0.3, 0.4) is 0 Å². The molecule has 0 amide bonds. The lowest BCUT2D eigenvalue weighted by molar-refractivity contribution is -0.301. The number of aliphatic hydroxyl groups is 5. The smallest absolute Gasteiger partial charge is 0.186 e. The fourth-order valence-corrected chi connectivity index (χ4v) is 11.2. The summed E-state index contributed by atoms with van der Waals surface area (Å²) in [7, 11) is 0. The summed E-state index contributed by atoms with van der Waals surface area (Å²) in [6.07, 6.45) is 0.960. The molecule has 9 nitrogen and oxygen atoms in total. The number of fused-ring (bicyclic) bond motifs is 2. The van der Waals surface area contributed by atoms with Crippen molar-refractivity contribution in [2.75, 3.05) is 13.2 Å². The molecule has 2 spiro atoms. The van der Waals surface area contributed by atoms with Gasteiger partial charge in [0, 0.05) is 29.6 Å². The fourth-order valence-electron chi connectivity index (χ4n) is 11.2. The molecule has 0 radical (unpaired) electrons. The number of hydrogen-bond acceptors (Lipinski definition) is 9. The quantitative estimate of drug-likeness (QED) is 0.298. The molecule has 6 aliphatic rings. The second-order valence-corrected chi connectivity index (χ2v) is 15.4. The van der Waals surface area contributed by atoms with Crippen molar-refractivity contribution in [2.24, 2.45) is 44.8 Å². The van der Waals surface area contributed by atoms with Gasteiger partial charge in [-0.25, -0.2) is 0 Å². The van der Waals surface area contributed by atoms with Crippen LogP contribution < -0.4 is 0 Å². The van der Waals surface area contributed by atoms with Crippen molar-refractivity contribution in [3.05, 3.63) is 11.6 Å². The van der Waals surface area contributed by atoms with E-state index in [0.717, 1.165) is 19.3 Å². The molecule has 13 unspecified atom stereocenters. The van der Waals surface area contributed by atoms with Gasteiger partial charge < -0.3 is 35.0 Å². The highest BCUT2D eigenvalue weighted by molar-refractivity contribution is 5.88. The Morgan fingerprint density at radius 2 is 1.85 bits per heavy atom. The minimum atomic E-state index is -1.34. The van der Waals surface area contributed by atoms with E-state index in [9.17, 15) is 35.1 Å². The van der Waals surface area contributed by atoms with Gasteiger partial charge in [-0.3, -0.25) is 9.59 Å². The number of allylic oxidation sites excluding steroid dienone is 1. The summed E-state index contributed by atoms with van der Waals surface area (Å²) in [5, 5.41) is 51.9. The number of carbonyl (C=O) groups excluding carboxylic acids is 2. The Morgan fingerprint density at radius 3 is 2.54 bits per heavy atom. The summed E-state index contributed by atoms with van der Waals surface area (Å²) >= 11 is 0. The molecule has 5 aliphatic carbocycles. The van der Waals surface area contributed by atoms with Crippen molar-refractivity contribution in [1.29, 1.82) is 0 Å². The largest absolute Gasteiger partial charge is 0.392 e. The third-order valence-corrected chi connectivity index (χ3v) is 13.3. The van der Waals surface area contributed by atoms with Gasteiger partial charge in [0.15, 0.2) is 12.1 Å². The van der Waals surface area contributed by atoms with E-state index < -0.39 is 48.1 Å². The Morgan fingerprint density at radius 1 is 1.15 bits per heavy atom. The molecule has 1 saturated heterocycles. The van der Waals surface area contributed by atoms with E-state index in [1.54, 1.807) is 0 Å².